The van der Waals surface area contributed by atoms with Crippen LogP contribution in [0.5, 0.6) is 0 Å². The molecule has 21 heavy (non-hydrogen) atoms. The van der Waals surface area contributed by atoms with Crippen LogP contribution >= 0.6 is 0 Å². The van der Waals surface area contributed by atoms with Gasteiger partial charge < -0.3 is 10.1 Å². The average molecular weight is 286 g/mol. The van der Waals surface area contributed by atoms with Crippen molar-refractivity contribution in [2.24, 2.45) is 0 Å². The van der Waals surface area contributed by atoms with Gasteiger partial charge in [-0.1, -0.05) is 38.5 Å². The fraction of sp³-hybridized carbons (Fsp3) is 0.500. The molecule has 1 aromatic carbocycles. The third-order valence-electron chi connectivity index (χ3n) is 3.56. The molecule has 3 nitrogen and oxygen atoms in total. The van der Waals surface area contributed by atoms with E-state index in [9.17, 15) is 0 Å². The molecule has 0 aliphatic carbocycles. The maximum Gasteiger partial charge on any atom is 0.132 e. The Labute approximate surface area is 127 Å². The van der Waals surface area contributed by atoms with Crippen LogP contribution in [-0.2, 0) is 11.3 Å². The highest BCUT2D eigenvalue weighted by molar-refractivity contribution is 5.81. The minimum absolute atomic E-state index is 0.292. The SMILES string of the molecule is CCCNc1nc2ccccc2cc1COC(C)CCC. The number of aromatic nitrogens is 1. The van der Waals surface area contributed by atoms with Crippen LogP contribution in [0.1, 0.15) is 45.6 Å². The molecule has 0 fully saturated rings. The van der Waals surface area contributed by atoms with Gasteiger partial charge in [0.15, 0.2) is 0 Å². The van der Waals surface area contributed by atoms with Crippen molar-refractivity contribution in [2.75, 3.05) is 11.9 Å². The molecule has 3 heteroatoms. The summed E-state index contributed by atoms with van der Waals surface area (Å²) < 4.78 is 5.96. The Morgan fingerprint density at radius 3 is 2.76 bits per heavy atom. The number of pyridine rings is 1. The van der Waals surface area contributed by atoms with Crippen LogP contribution in [0.3, 0.4) is 0 Å². The largest absolute Gasteiger partial charge is 0.374 e. The molecule has 0 amide bonds. The zero-order valence-corrected chi connectivity index (χ0v) is 13.4. The molecule has 0 saturated heterocycles. The van der Waals surface area contributed by atoms with E-state index >= 15 is 0 Å². The fourth-order valence-electron chi connectivity index (χ4n) is 2.39. The Bertz CT molecular complexity index is 568. The van der Waals surface area contributed by atoms with Gasteiger partial charge in [0.1, 0.15) is 5.82 Å². The van der Waals surface area contributed by atoms with Crippen molar-refractivity contribution in [3.63, 3.8) is 0 Å². The van der Waals surface area contributed by atoms with Crippen LogP contribution in [0.2, 0.25) is 0 Å². The van der Waals surface area contributed by atoms with Crippen molar-refractivity contribution in [3.8, 4) is 0 Å². The van der Waals surface area contributed by atoms with Gasteiger partial charge in [0.25, 0.3) is 0 Å². The molecule has 0 aliphatic rings. The Morgan fingerprint density at radius 1 is 1.19 bits per heavy atom. The summed E-state index contributed by atoms with van der Waals surface area (Å²) >= 11 is 0. The third-order valence-corrected chi connectivity index (χ3v) is 3.56. The zero-order chi connectivity index (χ0) is 15.1. The average Bonchev–Trinajstić information content (AvgIpc) is 2.50. The molecule has 114 valence electrons. The summed E-state index contributed by atoms with van der Waals surface area (Å²) in [7, 11) is 0. The molecular formula is C18H26N2O. The van der Waals surface area contributed by atoms with Crippen LogP contribution in [0, 0.1) is 0 Å². The summed E-state index contributed by atoms with van der Waals surface area (Å²) in [6.45, 7) is 8.03. The number of hydrogen-bond donors (Lipinski definition) is 1. The molecule has 1 N–H and O–H groups in total. The van der Waals surface area contributed by atoms with E-state index in [1.165, 1.54) is 5.39 Å². The highest BCUT2D eigenvalue weighted by Gasteiger charge is 2.09. The molecular weight excluding hydrogens is 260 g/mol. The second-order valence-corrected chi connectivity index (χ2v) is 5.53. The van der Waals surface area contributed by atoms with E-state index < -0.39 is 0 Å². The first-order chi connectivity index (χ1) is 10.2. The van der Waals surface area contributed by atoms with Gasteiger partial charge in [-0.25, -0.2) is 4.98 Å². The highest BCUT2D eigenvalue weighted by atomic mass is 16.5. The number of anilines is 1. The van der Waals surface area contributed by atoms with E-state index in [4.69, 9.17) is 9.72 Å². The predicted octanol–water partition coefficient (Wildman–Crippen LogP) is 4.76. The molecule has 0 radical (unpaired) electrons. The Morgan fingerprint density at radius 2 is 2.00 bits per heavy atom. The summed E-state index contributed by atoms with van der Waals surface area (Å²) in [4.78, 5) is 4.75. The van der Waals surface area contributed by atoms with Crippen molar-refractivity contribution in [2.45, 2.75) is 52.7 Å². The molecule has 2 rings (SSSR count). The smallest absolute Gasteiger partial charge is 0.132 e. The lowest BCUT2D eigenvalue weighted by Gasteiger charge is -2.15. The summed E-state index contributed by atoms with van der Waals surface area (Å²) in [6.07, 6.45) is 3.62. The zero-order valence-electron chi connectivity index (χ0n) is 13.4. The van der Waals surface area contributed by atoms with Gasteiger partial charge in [-0.3, -0.25) is 0 Å². The highest BCUT2D eigenvalue weighted by Crippen LogP contribution is 2.22. The Hall–Kier alpha value is -1.61. The van der Waals surface area contributed by atoms with E-state index in [0.717, 1.165) is 42.7 Å². The van der Waals surface area contributed by atoms with E-state index in [0.29, 0.717) is 12.7 Å². The maximum absolute atomic E-state index is 5.96. The first-order valence-electron chi connectivity index (χ1n) is 7.98. The van der Waals surface area contributed by atoms with Crippen molar-refractivity contribution >= 4 is 16.7 Å². The summed E-state index contributed by atoms with van der Waals surface area (Å²) in [5.41, 5.74) is 2.17. The summed E-state index contributed by atoms with van der Waals surface area (Å²) in [5.74, 6) is 0.958. The van der Waals surface area contributed by atoms with Gasteiger partial charge in [0.05, 0.1) is 18.2 Å². The van der Waals surface area contributed by atoms with Gasteiger partial charge in [0, 0.05) is 17.5 Å². The Kier molecular flexibility index (Phi) is 6.00. The van der Waals surface area contributed by atoms with Gasteiger partial charge in [-0.2, -0.15) is 0 Å². The molecule has 1 heterocycles. The second-order valence-electron chi connectivity index (χ2n) is 5.53. The van der Waals surface area contributed by atoms with Crippen molar-refractivity contribution < 1.29 is 4.74 Å². The van der Waals surface area contributed by atoms with Gasteiger partial charge in [0.2, 0.25) is 0 Å². The van der Waals surface area contributed by atoms with Gasteiger partial charge in [-0.05, 0) is 31.9 Å². The monoisotopic (exact) mass is 286 g/mol. The molecule has 0 aliphatic heterocycles. The normalized spacial score (nSPS) is 12.5. The molecule has 0 saturated carbocycles. The lowest BCUT2D eigenvalue weighted by Crippen LogP contribution is -2.11. The van der Waals surface area contributed by atoms with Crippen LogP contribution < -0.4 is 5.32 Å². The number of nitrogens with zero attached hydrogens (tertiary/aromatic N) is 1. The van der Waals surface area contributed by atoms with Crippen LogP contribution in [-0.4, -0.2) is 17.6 Å². The number of benzene rings is 1. The second kappa shape index (κ2) is 7.99. The van der Waals surface area contributed by atoms with Crippen LogP contribution in [0.15, 0.2) is 30.3 Å². The predicted molar refractivity (Wildman–Crippen MR) is 89.7 cm³/mol. The Balaban J connectivity index is 2.21. The van der Waals surface area contributed by atoms with E-state index in [1.807, 2.05) is 12.1 Å². The number of ether oxygens (including phenoxy) is 1. The number of hydrogen-bond acceptors (Lipinski definition) is 3. The minimum atomic E-state index is 0.292. The summed E-state index contributed by atoms with van der Waals surface area (Å²) in [5, 5.41) is 4.59. The molecule has 0 spiro atoms. The molecule has 1 unspecified atom stereocenters. The molecule has 1 atom stereocenters. The fourth-order valence-corrected chi connectivity index (χ4v) is 2.39. The standard InChI is InChI=1S/C18H26N2O/c1-4-8-14(3)21-13-16-12-15-9-6-7-10-17(15)20-18(16)19-11-5-2/h6-7,9-10,12,14H,4-5,8,11,13H2,1-3H3,(H,19,20). The third kappa shape index (κ3) is 4.43. The molecule has 0 bridgehead atoms. The quantitative estimate of drug-likeness (QED) is 0.759. The number of rotatable bonds is 8. The van der Waals surface area contributed by atoms with Crippen molar-refractivity contribution in [3.05, 3.63) is 35.9 Å². The van der Waals surface area contributed by atoms with Crippen LogP contribution in [0.4, 0.5) is 5.82 Å². The lowest BCUT2D eigenvalue weighted by atomic mass is 10.1. The number of para-hydroxylation sites is 1. The number of fused-ring (bicyclic) bond motifs is 1. The minimum Gasteiger partial charge on any atom is -0.374 e. The molecule has 2 aromatic rings. The summed E-state index contributed by atoms with van der Waals surface area (Å²) in [6, 6.07) is 10.4. The first kappa shape index (κ1) is 15.8. The van der Waals surface area contributed by atoms with Gasteiger partial charge >= 0.3 is 0 Å². The maximum atomic E-state index is 5.96. The first-order valence-corrected chi connectivity index (χ1v) is 7.98. The number of nitrogens with one attached hydrogen (secondary N) is 1. The van der Waals surface area contributed by atoms with E-state index in [2.05, 4.69) is 44.3 Å². The van der Waals surface area contributed by atoms with E-state index in [1.54, 1.807) is 0 Å². The topological polar surface area (TPSA) is 34.2 Å². The van der Waals surface area contributed by atoms with Gasteiger partial charge in [-0.15, -0.1) is 0 Å². The molecule has 1 aromatic heterocycles. The van der Waals surface area contributed by atoms with Crippen molar-refractivity contribution in [1.82, 2.24) is 4.98 Å². The van der Waals surface area contributed by atoms with Crippen LogP contribution in [0.25, 0.3) is 10.9 Å². The lowest BCUT2D eigenvalue weighted by molar-refractivity contribution is 0.0474. The van der Waals surface area contributed by atoms with Crippen molar-refractivity contribution in [1.29, 1.82) is 0 Å². The van der Waals surface area contributed by atoms with E-state index in [-0.39, 0.29) is 0 Å².